The van der Waals surface area contributed by atoms with Crippen LogP contribution in [-0.2, 0) is 9.59 Å². The van der Waals surface area contributed by atoms with Gasteiger partial charge in [0.2, 0.25) is 0 Å². The van der Waals surface area contributed by atoms with Crippen molar-refractivity contribution in [2.45, 2.75) is 0 Å². The van der Waals surface area contributed by atoms with Crippen LogP contribution in [0.5, 0.6) is 5.75 Å². The van der Waals surface area contributed by atoms with Crippen LogP contribution in [0.2, 0.25) is 10.0 Å². The van der Waals surface area contributed by atoms with Crippen molar-refractivity contribution in [3.05, 3.63) is 52.5 Å². The van der Waals surface area contributed by atoms with Gasteiger partial charge < -0.3 is 15.7 Å². The Labute approximate surface area is 130 Å². The summed E-state index contributed by atoms with van der Waals surface area (Å²) in [5, 5.41) is 14.4. The second-order valence-corrected chi connectivity index (χ2v) is 4.85. The fourth-order valence-electron chi connectivity index (χ4n) is 1.55. The second-order valence-electron chi connectivity index (χ2n) is 4.06. The maximum absolute atomic E-state index is 11.8. The first-order valence-corrected chi connectivity index (χ1v) is 6.58. The molecule has 21 heavy (non-hydrogen) atoms. The molecule has 0 bridgehead atoms. The van der Waals surface area contributed by atoms with E-state index in [9.17, 15) is 14.7 Å². The highest BCUT2D eigenvalue weighted by atomic mass is 35.5. The lowest BCUT2D eigenvalue weighted by molar-refractivity contribution is -0.132. The van der Waals surface area contributed by atoms with Gasteiger partial charge in [-0.1, -0.05) is 35.3 Å². The highest BCUT2D eigenvalue weighted by molar-refractivity contribution is 6.47. The molecule has 108 valence electrons. The van der Waals surface area contributed by atoms with Gasteiger partial charge in [-0.25, -0.2) is 0 Å². The van der Waals surface area contributed by atoms with Gasteiger partial charge in [-0.3, -0.25) is 9.59 Å². The van der Waals surface area contributed by atoms with Gasteiger partial charge >= 0.3 is 11.8 Å². The minimum Gasteiger partial charge on any atom is -0.508 e. The standard InChI is InChI=1S/C14H10Cl2N2O3/c15-10-5-2-6-11(12(10)16)18-14(21)13(20)17-8-3-1-4-9(19)7-8/h1-7,19H,(H,17,20)(H,18,21). The quantitative estimate of drug-likeness (QED) is 0.742. The summed E-state index contributed by atoms with van der Waals surface area (Å²) in [7, 11) is 0. The molecule has 0 unspecified atom stereocenters. The summed E-state index contributed by atoms with van der Waals surface area (Å²) >= 11 is 11.7. The monoisotopic (exact) mass is 324 g/mol. The fourth-order valence-corrected chi connectivity index (χ4v) is 1.90. The molecule has 3 N–H and O–H groups in total. The molecular weight excluding hydrogens is 315 g/mol. The Kier molecular flexibility index (Phi) is 4.67. The van der Waals surface area contributed by atoms with Gasteiger partial charge in [0.25, 0.3) is 0 Å². The molecule has 0 aliphatic carbocycles. The van der Waals surface area contributed by atoms with Crippen LogP contribution >= 0.6 is 23.2 Å². The zero-order valence-electron chi connectivity index (χ0n) is 10.6. The van der Waals surface area contributed by atoms with E-state index in [1.54, 1.807) is 12.1 Å². The first-order chi connectivity index (χ1) is 9.97. The van der Waals surface area contributed by atoms with Crippen LogP contribution in [0.25, 0.3) is 0 Å². The number of carbonyl (C=O) groups excluding carboxylic acids is 2. The highest BCUT2D eigenvalue weighted by Gasteiger charge is 2.16. The number of anilines is 2. The highest BCUT2D eigenvalue weighted by Crippen LogP contribution is 2.29. The normalized spacial score (nSPS) is 10.0. The predicted octanol–water partition coefficient (Wildman–Crippen LogP) is 3.28. The molecule has 0 saturated heterocycles. The summed E-state index contributed by atoms with van der Waals surface area (Å²) in [4.78, 5) is 23.5. The molecule has 0 saturated carbocycles. The van der Waals surface area contributed by atoms with E-state index in [0.29, 0.717) is 5.69 Å². The minimum atomic E-state index is -0.900. The Balaban J connectivity index is 2.06. The van der Waals surface area contributed by atoms with E-state index in [4.69, 9.17) is 23.2 Å². The van der Waals surface area contributed by atoms with Crippen molar-refractivity contribution in [3.63, 3.8) is 0 Å². The Bertz CT molecular complexity index is 704. The van der Waals surface area contributed by atoms with Gasteiger partial charge in [-0.15, -0.1) is 0 Å². The third kappa shape index (κ3) is 3.87. The van der Waals surface area contributed by atoms with Crippen LogP contribution in [0.3, 0.4) is 0 Å². The molecule has 0 aliphatic rings. The van der Waals surface area contributed by atoms with E-state index in [2.05, 4.69) is 10.6 Å². The summed E-state index contributed by atoms with van der Waals surface area (Å²) in [6.07, 6.45) is 0. The summed E-state index contributed by atoms with van der Waals surface area (Å²) < 4.78 is 0. The lowest BCUT2D eigenvalue weighted by Gasteiger charge is -2.08. The minimum absolute atomic E-state index is 0.0221. The van der Waals surface area contributed by atoms with E-state index < -0.39 is 11.8 Å². The van der Waals surface area contributed by atoms with Crippen LogP contribution in [0, 0.1) is 0 Å². The molecule has 0 radical (unpaired) electrons. The van der Waals surface area contributed by atoms with Crippen LogP contribution in [-0.4, -0.2) is 16.9 Å². The van der Waals surface area contributed by atoms with Crippen LogP contribution in [0.15, 0.2) is 42.5 Å². The van der Waals surface area contributed by atoms with Gasteiger partial charge in [0, 0.05) is 11.8 Å². The average molecular weight is 325 g/mol. The molecule has 2 aromatic rings. The molecular formula is C14H10Cl2N2O3. The molecule has 0 aliphatic heterocycles. The van der Waals surface area contributed by atoms with E-state index in [0.717, 1.165) is 0 Å². The van der Waals surface area contributed by atoms with Gasteiger partial charge in [-0.05, 0) is 24.3 Å². The molecule has 5 nitrogen and oxygen atoms in total. The topological polar surface area (TPSA) is 78.4 Å². The molecule has 2 amide bonds. The predicted molar refractivity (Wildman–Crippen MR) is 81.8 cm³/mol. The number of halogens is 2. The summed E-state index contributed by atoms with van der Waals surface area (Å²) in [6.45, 7) is 0. The maximum atomic E-state index is 11.8. The van der Waals surface area contributed by atoms with Crippen LogP contribution in [0.1, 0.15) is 0 Å². The molecule has 0 fully saturated rings. The Hall–Kier alpha value is -2.24. The van der Waals surface area contributed by atoms with Crippen LogP contribution in [0.4, 0.5) is 11.4 Å². The number of hydrogen-bond acceptors (Lipinski definition) is 3. The average Bonchev–Trinajstić information content (AvgIpc) is 2.44. The van der Waals surface area contributed by atoms with Gasteiger partial charge in [-0.2, -0.15) is 0 Å². The summed E-state index contributed by atoms with van der Waals surface area (Å²) in [6, 6.07) is 10.5. The summed E-state index contributed by atoms with van der Waals surface area (Å²) in [5.74, 6) is -1.81. The van der Waals surface area contributed by atoms with E-state index in [1.165, 1.54) is 30.3 Å². The number of phenols is 1. The SMILES string of the molecule is O=C(Nc1cccc(O)c1)C(=O)Nc1cccc(Cl)c1Cl. The largest absolute Gasteiger partial charge is 0.508 e. The third-order valence-corrected chi connectivity index (χ3v) is 3.33. The van der Waals surface area contributed by atoms with Gasteiger partial charge in [0.1, 0.15) is 5.75 Å². The lowest BCUT2D eigenvalue weighted by atomic mass is 10.3. The number of hydrogen-bond donors (Lipinski definition) is 3. The molecule has 0 atom stereocenters. The van der Waals surface area contributed by atoms with E-state index in [1.807, 2.05) is 0 Å². The first kappa shape index (κ1) is 15.2. The van der Waals surface area contributed by atoms with Crippen molar-refractivity contribution in [2.75, 3.05) is 10.6 Å². The molecule has 0 spiro atoms. The number of amides is 2. The molecule has 7 heteroatoms. The maximum Gasteiger partial charge on any atom is 0.314 e. The van der Waals surface area contributed by atoms with Crippen molar-refractivity contribution in [1.82, 2.24) is 0 Å². The van der Waals surface area contributed by atoms with Gasteiger partial charge in [0.05, 0.1) is 15.7 Å². The van der Waals surface area contributed by atoms with Crippen molar-refractivity contribution >= 4 is 46.4 Å². The lowest BCUT2D eigenvalue weighted by Crippen LogP contribution is -2.29. The zero-order chi connectivity index (χ0) is 15.4. The molecule has 2 aromatic carbocycles. The first-order valence-electron chi connectivity index (χ1n) is 5.83. The van der Waals surface area contributed by atoms with E-state index >= 15 is 0 Å². The fraction of sp³-hybridized carbons (Fsp3) is 0. The van der Waals surface area contributed by atoms with Crippen molar-refractivity contribution in [2.24, 2.45) is 0 Å². The van der Waals surface area contributed by atoms with Crippen LogP contribution < -0.4 is 10.6 Å². The number of benzene rings is 2. The van der Waals surface area contributed by atoms with Gasteiger partial charge in [0.15, 0.2) is 0 Å². The zero-order valence-corrected chi connectivity index (χ0v) is 12.1. The number of aromatic hydroxyl groups is 1. The van der Waals surface area contributed by atoms with Crippen molar-refractivity contribution in [1.29, 1.82) is 0 Å². The smallest absolute Gasteiger partial charge is 0.314 e. The third-order valence-electron chi connectivity index (χ3n) is 2.51. The molecule has 2 rings (SSSR count). The number of rotatable bonds is 2. The van der Waals surface area contributed by atoms with Crippen molar-refractivity contribution < 1.29 is 14.7 Å². The Morgan fingerprint density at radius 1 is 0.952 bits per heavy atom. The Morgan fingerprint density at radius 3 is 2.33 bits per heavy atom. The molecule has 0 aromatic heterocycles. The number of carbonyl (C=O) groups is 2. The number of phenolic OH excluding ortho intramolecular Hbond substituents is 1. The Morgan fingerprint density at radius 2 is 1.62 bits per heavy atom. The summed E-state index contributed by atoms with van der Waals surface area (Å²) in [5.41, 5.74) is 0.535. The number of nitrogens with one attached hydrogen (secondary N) is 2. The van der Waals surface area contributed by atoms with Crippen molar-refractivity contribution in [3.8, 4) is 5.75 Å². The molecule has 0 heterocycles. The second kappa shape index (κ2) is 6.47. The van der Waals surface area contributed by atoms with E-state index in [-0.39, 0.29) is 21.5 Å².